The Bertz CT molecular complexity index is 675. The number of rotatable bonds is 3. The lowest BCUT2D eigenvalue weighted by Gasteiger charge is -2.14. The molecular formula is C19H21NO2. The fourth-order valence-corrected chi connectivity index (χ4v) is 2.90. The fraction of sp³-hybridized carbons (Fsp3) is 0.316. The molecule has 4 bridgehead atoms. The molecule has 0 fully saturated rings. The zero-order valence-electron chi connectivity index (χ0n) is 12.6. The molecular weight excluding hydrogens is 274 g/mol. The number of aromatic hydroxyl groups is 1. The number of phenolic OH excluding ortho intramolecular Hbond substituents is 1. The number of aryl methyl sites for hydroxylation is 4. The Hall–Kier alpha value is -2.13. The van der Waals surface area contributed by atoms with E-state index in [1.807, 2.05) is 6.07 Å². The molecule has 2 aromatic carbocycles. The lowest BCUT2D eigenvalue weighted by Crippen LogP contribution is -2.03. The smallest absolute Gasteiger partial charge is 0.127 e. The molecule has 0 amide bonds. The number of nitrogens with zero attached hydrogens (tertiary/aromatic N) is 1. The largest absolute Gasteiger partial charge is 0.507 e. The summed E-state index contributed by atoms with van der Waals surface area (Å²) in [7, 11) is 0. The first-order valence-corrected chi connectivity index (χ1v) is 7.80. The van der Waals surface area contributed by atoms with Crippen molar-refractivity contribution >= 4 is 6.21 Å². The molecule has 6 rings (SSSR count). The van der Waals surface area contributed by atoms with Crippen LogP contribution in [0.5, 0.6) is 5.75 Å². The number of aliphatic hydroxyl groups excluding tert-OH is 1. The molecule has 0 atom stereocenters. The quantitative estimate of drug-likeness (QED) is 0.855. The molecule has 22 heavy (non-hydrogen) atoms. The molecule has 0 saturated heterocycles. The molecule has 0 aliphatic heterocycles. The third kappa shape index (κ3) is 3.20. The molecule has 0 unspecified atom stereocenters. The van der Waals surface area contributed by atoms with Crippen LogP contribution in [0.1, 0.15) is 27.8 Å². The number of aliphatic hydroxyl groups is 1. The van der Waals surface area contributed by atoms with E-state index in [-0.39, 0.29) is 6.61 Å². The summed E-state index contributed by atoms with van der Waals surface area (Å²) in [5, 5.41) is 19.5. The summed E-state index contributed by atoms with van der Waals surface area (Å²) in [6.07, 6.45) is 5.25. The van der Waals surface area contributed by atoms with Gasteiger partial charge in [-0.05, 0) is 47.9 Å². The van der Waals surface area contributed by atoms with Crippen LogP contribution in [-0.2, 0) is 25.7 Å². The van der Waals surface area contributed by atoms with Gasteiger partial charge >= 0.3 is 0 Å². The first-order valence-electron chi connectivity index (χ1n) is 7.80. The van der Waals surface area contributed by atoms with Crippen molar-refractivity contribution in [2.24, 2.45) is 4.99 Å². The van der Waals surface area contributed by atoms with Gasteiger partial charge in [0.25, 0.3) is 0 Å². The molecule has 0 aromatic heterocycles. The van der Waals surface area contributed by atoms with Crippen LogP contribution in [0.2, 0.25) is 0 Å². The predicted octanol–water partition coefficient (Wildman–Crippen LogP) is 2.69. The van der Waals surface area contributed by atoms with Crippen LogP contribution < -0.4 is 0 Å². The molecule has 3 nitrogen and oxygen atoms in total. The van der Waals surface area contributed by atoms with Gasteiger partial charge in [-0.1, -0.05) is 36.4 Å². The van der Waals surface area contributed by atoms with Gasteiger partial charge in [0.05, 0.1) is 13.2 Å². The van der Waals surface area contributed by atoms with Gasteiger partial charge in [0.1, 0.15) is 5.75 Å². The maximum atomic E-state index is 10.6. The van der Waals surface area contributed by atoms with E-state index in [0.29, 0.717) is 12.3 Å². The van der Waals surface area contributed by atoms with Crippen LogP contribution in [-0.4, -0.2) is 29.6 Å². The maximum absolute atomic E-state index is 10.6. The Labute approximate surface area is 131 Å². The molecule has 0 radical (unpaired) electrons. The second-order valence-corrected chi connectivity index (χ2v) is 5.72. The summed E-state index contributed by atoms with van der Waals surface area (Å²) < 4.78 is 0. The Balaban J connectivity index is 1.99. The first kappa shape index (κ1) is 14.8. The second-order valence-electron chi connectivity index (χ2n) is 5.72. The highest BCUT2D eigenvalue weighted by atomic mass is 16.3. The predicted molar refractivity (Wildman–Crippen MR) is 88.9 cm³/mol. The third-order valence-electron chi connectivity index (χ3n) is 4.23. The summed E-state index contributed by atoms with van der Waals surface area (Å²) in [6, 6.07) is 12.9. The SMILES string of the molecule is OCCN=Cc1c2ccc(c1O)CCc1ccc(cc1)CC2. The van der Waals surface area contributed by atoms with Gasteiger partial charge in [-0.15, -0.1) is 0 Å². The van der Waals surface area contributed by atoms with Gasteiger partial charge in [0.2, 0.25) is 0 Å². The van der Waals surface area contributed by atoms with Gasteiger partial charge < -0.3 is 10.2 Å². The Morgan fingerprint density at radius 2 is 1.45 bits per heavy atom. The Morgan fingerprint density at radius 3 is 2.09 bits per heavy atom. The minimum atomic E-state index is 0.0259. The zero-order valence-corrected chi connectivity index (χ0v) is 12.6. The van der Waals surface area contributed by atoms with E-state index < -0.39 is 0 Å². The summed E-state index contributed by atoms with van der Waals surface area (Å²) >= 11 is 0. The number of benzene rings is 2. The molecule has 0 spiro atoms. The first-order chi connectivity index (χ1) is 10.8. The van der Waals surface area contributed by atoms with Crippen molar-refractivity contribution in [2.45, 2.75) is 25.7 Å². The van der Waals surface area contributed by atoms with E-state index in [1.54, 1.807) is 6.21 Å². The third-order valence-corrected chi connectivity index (χ3v) is 4.23. The topological polar surface area (TPSA) is 52.8 Å². The van der Waals surface area contributed by atoms with Crippen molar-refractivity contribution in [3.05, 3.63) is 64.2 Å². The average molecular weight is 295 g/mol. The minimum Gasteiger partial charge on any atom is -0.507 e. The number of hydrogen-bond donors (Lipinski definition) is 2. The van der Waals surface area contributed by atoms with Crippen molar-refractivity contribution in [1.82, 2.24) is 0 Å². The van der Waals surface area contributed by atoms with Crippen LogP contribution in [0, 0.1) is 0 Å². The monoisotopic (exact) mass is 295 g/mol. The van der Waals surface area contributed by atoms with Gasteiger partial charge in [-0.25, -0.2) is 0 Å². The lowest BCUT2D eigenvalue weighted by atomic mass is 9.92. The van der Waals surface area contributed by atoms with Crippen molar-refractivity contribution in [3.63, 3.8) is 0 Å². The minimum absolute atomic E-state index is 0.0259. The fourth-order valence-electron chi connectivity index (χ4n) is 2.90. The van der Waals surface area contributed by atoms with Crippen LogP contribution >= 0.6 is 0 Å². The average Bonchev–Trinajstić information content (AvgIpc) is 2.53. The number of aliphatic imine (C=N–C) groups is 1. The highest BCUT2D eigenvalue weighted by Crippen LogP contribution is 2.28. The van der Waals surface area contributed by atoms with Crippen LogP contribution in [0.15, 0.2) is 41.4 Å². The number of phenols is 1. The Morgan fingerprint density at radius 1 is 0.864 bits per heavy atom. The molecule has 2 aromatic rings. The summed E-state index contributed by atoms with van der Waals surface area (Å²) in [6.45, 7) is 0.391. The van der Waals surface area contributed by atoms with Crippen molar-refractivity contribution in [1.29, 1.82) is 0 Å². The van der Waals surface area contributed by atoms with Crippen molar-refractivity contribution in [3.8, 4) is 5.75 Å². The van der Waals surface area contributed by atoms with E-state index in [2.05, 4.69) is 35.3 Å². The second kappa shape index (κ2) is 6.75. The highest BCUT2D eigenvalue weighted by Gasteiger charge is 2.12. The highest BCUT2D eigenvalue weighted by molar-refractivity contribution is 5.86. The molecule has 114 valence electrons. The summed E-state index contributed by atoms with van der Waals surface area (Å²) in [5.74, 6) is 0.342. The zero-order chi connectivity index (χ0) is 15.4. The van der Waals surface area contributed by atoms with E-state index in [1.165, 1.54) is 11.1 Å². The van der Waals surface area contributed by atoms with Gasteiger partial charge in [0, 0.05) is 11.8 Å². The summed E-state index contributed by atoms with van der Waals surface area (Å²) in [4.78, 5) is 4.20. The molecule has 4 aliphatic carbocycles. The van der Waals surface area contributed by atoms with Crippen molar-refractivity contribution < 1.29 is 10.2 Å². The van der Waals surface area contributed by atoms with Gasteiger partial charge in [-0.3, -0.25) is 4.99 Å². The van der Waals surface area contributed by atoms with E-state index >= 15 is 0 Å². The molecule has 4 aliphatic rings. The normalized spacial score (nSPS) is 14.2. The molecule has 2 N–H and O–H groups in total. The van der Waals surface area contributed by atoms with Crippen molar-refractivity contribution in [2.75, 3.05) is 13.2 Å². The van der Waals surface area contributed by atoms with E-state index in [4.69, 9.17) is 5.11 Å². The van der Waals surface area contributed by atoms with Crippen LogP contribution in [0.4, 0.5) is 0 Å². The van der Waals surface area contributed by atoms with Crippen LogP contribution in [0.25, 0.3) is 0 Å². The van der Waals surface area contributed by atoms with E-state index in [9.17, 15) is 5.11 Å². The molecule has 0 saturated carbocycles. The standard InChI is InChI=1S/C19H21NO2/c21-12-11-20-13-18-16-7-5-14-1-3-15(4-2-14)6-8-17(10-9-16)19(18)22/h1-4,9-10,13,21-22H,5-8,11-12H2. The van der Waals surface area contributed by atoms with Gasteiger partial charge in [-0.2, -0.15) is 0 Å². The Kier molecular flexibility index (Phi) is 4.54. The lowest BCUT2D eigenvalue weighted by molar-refractivity contribution is 0.307. The van der Waals surface area contributed by atoms with E-state index in [0.717, 1.165) is 42.4 Å². The summed E-state index contributed by atoms with van der Waals surface area (Å²) in [5.41, 5.74) is 5.47. The maximum Gasteiger partial charge on any atom is 0.127 e. The molecule has 3 heteroatoms. The number of hydrogen-bond acceptors (Lipinski definition) is 3. The van der Waals surface area contributed by atoms with Crippen LogP contribution in [0.3, 0.4) is 0 Å². The molecule has 0 heterocycles. The van der Waals surface area contributed by atoms with Gasteiger partial charge in [0.15, 0.2) is 0 Å².